The summed E-state index contributed by atoms with van der Waals surface area (Å²) in [7, 11) is 4.07. The van der Waals surface area contributed by atoms with Crippen LogP contribution in [0, 0.1) is 5.92 Å². The highest BCUT2D eigenvalue weighted by Gasteiger charge is 2.34. The predicted molar refractivity (Wildman–Crippen MR) is 99.1 cm³/mol. The van der Waals surface area contributed by atoms with Crippen LogP contribution in [0.2, 0.25) is 0 Å². The second kappa shape index (κ2) is 8.32. The Morgan fingerprint density at radius 3 is 2.42 bits per heavy atom. The van der Waals surface area contributed by atoms with Gasteiger partial charge in [-0.2, -0.15) is 0 Å². The molecule has 2 rings (SSSR count). The second-order valence-electron chi connectivity index (χ2n) is 6.74. The van der Waals surface area contributed by atoms with Gasteiger partial charge in [-0.1, -0.05) is 56.3 Å². The fraction of sp³-hybridized carbons (Fsp3) is 0.429. The number of hydrogen-bond donors (Lipinski definition) is 1. The molecule has 0 saturated carbocycles. The lowest BCUT2D eigenvalue weighted by molar-refractivity contribution is -0.0293. The fourth-order valence-corrected chi connectivity index (χ4v) is 3.13. The Hall–Kier alpha value is -1.84. The van der Waals surface area contributed by atoms with E-state index in [0.29, 0.717) is 13.0 Å². The summed E-state index contributed by atoms with van der Waals surface area (Å²) in [5, 5.41) is 11.2. The van der Waals surface area contributed by atoms with Crippen LogP contribution in [0.25, 0.3) is 0 Å². The van der Waals surface area contributed by atoms with Crippen molar-refractivity contribution in [2.75, 3.05) is 20.6 Å². The van der Waals surface area contributed by atoms with Crippen LogP contribution in [0.1, 0.15) is 31.4 Å². The van der Waals surface area contributed by atoms with Crippen LogP contribution in [0.4, 0.5) is 0 Å². The third-order valence-electron chi connectivity index (χ3n) is 4.58. The van der Waals surface area contributed by atoms with Gasteiger partial charge in [0.25, 0.3) is 0 Å². The maximum absolute atomic E-state index is 11.2. The zero-order chi connectivity index (χ0) is 17.6. The van der Waals surface area contributed by atoms with Gasteiger partial charge >= 0.3 is 0 Å². The molecule has 130 valence electrons. The Labute approximate surface area is 145 Å². The van der Waals surface area contributed by atoms with Gasteiger partial charge < -0.3 is 14.7 Å². The molecule has 24 heavy (non-hydrogen) atoms. The molecule has 2 aromatic rings. The first-order valence-electron chi connectivity index (χ1n) is 8.60. The van der Waals surface area contributed by atoms with Crippen LogP contribution in [0.5, 0.6) is 5.75 Å². The normalized spacial score (nSPS) is 15.1. The Balaban J connectivity index is 2.15. The van der Waals surface area contributed by atoms with E-state index >= 15 is 0 Å². The van der Waals surface area contributed by atoms with Crippen molar-refractivity contribution in [1.82, 2.24) is 4.90 Å². The lowest BCUT2D eigenvalue weighted by Crippen LogP contribution is -2.38. The van der Waals surface area contributed by atoms with Gasteiger partial charge in [-0.15, -0.1) is 0 Å². The van der Waals surface area contributed by atoms with Gasteiger partial charge in [-0.05, 0) is 43.8 Å². The summed E-state index contributed by atoms with van der Waals surface area (Å²) in [6.45, 7) is 5.49. The van der Waals surface area contributed by atoms with E-state index in [0.717, 1.165) is 23.4 Å². The lowest BCUT2D eigenvalue weighted by atomic mass is 9.80. The van der Waals surface area contributed by atoms with Crippen LogP contribution in [-0.2, 0) is 12.2 Å². The second-order valence-corrected chi connectivity index (χ2v) is 6.74. The molecule has 1 N–H and O–H groups in total. The van der Waals surface area contributed by atoms with Gasteiger partial charge in [0, 0.05) is 12.5 Å². The topological polar surface area (TPSA) is 32.7 Å². The van der Waals surface area contributed by atoms with Crippen molar-refractivity contribution in [2.24, 2.45) is 5.92 Å². The molecule has 0 aliphatic carbocycles. The molecule has 0 saturated heterocycles. The summed E-state index contributed by atoms with van der Waals surface area (Å²) in [4.78, 5) is 2.11. The van der Waals surface area contributed by atoms with Crippen molar-refractivity contribution in [3.05, 3.63) is 65.7 Å². The summed E-state index contributed by atoms with van der Waals surface area (Å²) in [6, 6.07) is 18.0. The van der Waals surface area contributed by atoms with Crippen molar-refractivity contribution in [3.8, 4) is 5.75 Å². The monoisotopic (exact) mass is 327 g/mol. The summed E-state index contributed by atoms with van der Waals surface area (Å²) < 4.78 is 5.91. The SMILES string of the molecule is CC[C@](O)(c1cccc(OCc2ccccc2)c1)C(C)CN(C)C. The first kappa shape index (κ1) is 18.5. The Morgan fingerprint density at radius 2 is 1.79 bits per heavy atom. The zero-order valence-electron chi connectivity index (χ0n) is 15.2. The minimum absolute atomic E-state index is 0.127. The van der Waals surface area contributed by atoms with Crippen LogP contribution in [0.3, 0.4) is 0 Å². The molecule has 3 nitrogen and oxygen atoms in total. The van der Waals surface area contributed by atoms with Gasteiger partial charge in [0.05, 0.1) is 5.60 Å². The van der Waals surface area contributed by atoms with Gasteiger partial charge in [0.2, 0.25) is 0 Å². The van der Waals surface area contributed by atoms with E-state index in [1.807, 2.05) is 75.6 Å². The molecule has 2 aromatic carbocycles. The van der Waals surface area contributed by atoms with Gasteiger partial charge in [0.1, 0.15) is 12.4 Å². The fourth-order valence-electron chi connectivity index (χ4n) is 3.13. The number of hydrogen-bond acceptors (Lipinski definition) is 3. The summed E-state index contributed by atoms with van der Waals surface area (Å²) in [5.74, 6) is 0.919. The first-order valence-corrected chi connectivity index (χ1v) is 8.60. The van der Waals surface area contributed by atoms with Crippen molar-refractivity contribution in [3.63, 3.8) is 0 Å². The van der Waals surface area contributed by atoms with Gasteiger partial charge in [-0.3, -0.25) is 0 Å². The highest BCUT2D eigenvalue weighted by Crippen LogP contribution is 2.35. The maximum atomic E-state index is 11.2. The molecule has 0 fully saturated rings. The van der Waals surface area contributed by atoms with E-state index < -0.39 is 5.60 Å². The molecule has 0 aliphatic heterocycles. The average molecular weight is 327 g/mol. The number of rotatable bonds is 8. The van der Waals surface area contributed by atoms with E-state index in [4.69, 9.17) is 4.74 Å². The van der Waals surface area contributed by atoms with Crippen molar-refractivity contribution < 1.29 is 9.84 Å². The predicted octanol–water partition coefficient (Wildman–Crippen LogP) is 4.06. The van der Waals surface area contributed by atoms with E-state index in [1.54, 1.807) is 0 Å². The van der Waals surface area contributed by atoms with Crippen molar-refractivity contribution in [2.45, 2.75) is 32.5 Å². The van der Waals surface area contributed by atoms with Crippen LogP contribution < -0.4 is 4.74 Å². The number of ether oxygens (including phenoxy) is 1. The van der Waals surface area contributed by atoms with Crippen LogP contribution >= 0.6 is 0 Å². The van der Waals surface area contributed by atoms with Crippen molar-refractivity contribution in [1.29, 1.82) is 0 Å². The van der Waals surface area contributed by atoms with E-state index in [2.05, 4.69) is 11.8 Å². The quantitative estimate of drug-likeness (QED) is 0.793. The highest BCUT2D eigenvalue weighted by molar-refractivity contribution is 5.33. The van der Waals surface area contributed by atoms with E-state index in [9.17, 15) is 5.11 Å². The number of benzene rings is 2. The summed E-state index contributed by atoms with van der Waals surface area (Å²) >= 11 is 0. The zero-order valence-corrected chi connectivity index (χ0v) is 15.2. The largest absolute Gasteiger partial charge is 0.489 e. The van der Waals surface area contributed by atoms with Crippen LogP contribution in [0.15, 0.2) is 54.6 Å². The standard InChI is InChI=1S/C21H29NO2/c1-5-21(23,17(2)15-22(3)4)19-12-9-13-20(14-19)24-16-18-10-7-6-8-11-18/h6-14,17,23H,5,15-16H2,1-4H3/t17?,21-/m1/s1. The number of aliphatic hydroxyl groups is 1. The maximum Gasteiger partial charge on any atom is 0.120 e. The Morgan fingerprint density at radius 1 is 1.08 bits per heavy atom. The molecular formula is C21H29NO2. The molecule has 3 heteroatoms. The molecule has 0 spiro atoms. The minimum atomic E-state index is -0.851. The van der Waals surface area contributed by atoms with Crippen molar-refractivity contribution >= 4 is 0 Å². The molecule has 0 aliphatic rings. The molecule has 2 atom stereocenters. The smallest absolute Gasteiger partial charge is 0.120 e. The Kier molecular flexibility index (Phi) is 6.41. The van der Waals surface area contributed by atoms with Gasteiger partial charge in [-0.25, -0.2) is 0 Å². The molecule has 0 heterocycles. The molecule has 0 bridgehead atoms. The third-order valence-corrected chi connectivity index (χ3v) is 4.58. The van der Waals surface area contributed by atoms with E-state index in [1.165, 1.54) is 0 Å². The molecule has 1 unspecified atom stereocenters. The molecule has 0 radical (unpaired) electrons. The first-order chi connectivity index (χ1) is 11.5. The highest BCUT2D eigenvalue weighted by atomic mass is 16.5. The van der Waals surface area contributed by atoms with Crippen LogP contribution in [-0.4, -0.2) is 30.6 Å². The van der Waals surface area contributed by atoms with E-state index in [-0.39, 0.29) is 5.92 Å². The molecular weight excluding hydrogens is 298 g/mol. The Bertz CT molecular complexity index is 627. The molecule has 0 aromatic heterocycles. The lowest BCUT2D eigenvalue weighted by Gasteiger charge is -2.35. The summed E-state index contributed by atoms with van der Waals surface area (Å²) in [6.07, 6.45) is 0.671. The summed E-state index contributed by atoms with van der Waals surface area (Å²) in [5.41, 5.74) is 1.20. The molecule has 0 amide bonds. The average Bonchev–Trinajstić information content (AvgIpc) is 2.59. The van der Waals surface area contributed by atoms with Gasteiger partial charge in [0.15, 0.2) is 0 Å². The third kappa shape index (κ3) is 4.59. The minimum Gasteiger partial charge on any atom is -0.489 e. The number of nitrogens with zero attached hydrogens (tertiary/aromatic N) is 1.